The summed E-state index contributed by atoms with van der Waals surface area (Å²) in [7, 11) is 0. The van der Waals surface area contributed by atoms with Crippen LogP contribution in [-0.4, -0.2) is 22.2 Å². The molecule has 1 aliphatic carbocycles. The summed E-state index contributed by atoms with van der Waals surface area (Å²) in [4.78, 5) is 12.8. The van der Waals surface area contributed by atoms with Crippen molar-refractivity contribution in [2.45, 2.75) is 46.0 Å². The molecule has 0 saturated heterocycles. The van der Waals surface area contributed by atoms with Gasteiger partial charge in [-0.3, -0.25) is 4.79 Å². The van der Waals surface area contributed by atoms with Crippen molar-refractivity contribution in [1.29, 1.82) is 0 Å². The molecule has 3 rings (SSSR count). The van der Waals surface area contributed by atoms with Gasteiger partial charge in [0, 0.05) is 17.5 Å². The number of amides is 1. The SMILES string of the molecule is CCc1c(C(=O)NCC(C)C)c(C2CC2)nn1-c1ccc(Cl)cc1. The van der Waals surface area contributed by atoms with E-state index in [-0.39, 0.29) is 5.91 Å². The van der Waals surface area contributed by atoms with E-state index in [0.29, 0.717) is 23.4 Å². The molecule has 24 heavy (non-hydrogen) atoms. The largest absolute Gasteiger partial charge is 0.352 e. The fourth-order valence-electron chi connectivity index (χ4n) is 2.87. The van der Waals surface area contributed by atoms with Gasteiger partial charge in [0.05, 0.1) is 22.6 Å². The molecule has 1 saturated carbocycles. The van der Waals surface area contributed by atoms with Gasteiger partial charge >= 0.3 is 0 Å². The third kappa shape index (κ3) is 3.48. The first-order valence-electron chi connectivity index (χ1n) is 8.67. The Morgan fingerprint density at radius 2 is 2.00 bits per heavy atom. The van der Waals surface area contributed by atoms with Gasteiger partial charge in [0.15, 0.2) is 0 Å². The lowest BCUT2D eigenvalue weighted by atomic mass is 10.1. The molecule has 0 atom stereocenters. The van der Waals surface area contributed by atoms with Gasteiger partial charge in [-0.15, -0.1) is 0 Å². The van der Waals surface area contributed by atoms with Crippen LogP contribution < -0.4 is 5.32 Å². The van der Waals surface area contributed by atoms with Crippen LogP contribution in [0.15, 0.2) is 24.3 Å². The fourth-order valence-corrected chi connectivity index (χ4v) is 3.00. The van der Waals surface area contributed by atoms with Crippen LogP contribution in [-0.2, 0) is 6.42 Å². The van der Waals surface area contributed by atoms with Gasteiger partial charge in [0.1, 0.15) is 0 Å². The van der Waals surface area contributed by atoms with Crippen LogP contribution in [0.2, 0.25) is 5.02 Å². The number of hydrogen-bond donors (Lipinski definition) is 1. The Morgan fingerprint density at radius 1 is 1.33 bits per heavy atom. The lowest BCUT2D eigenvalue weighted by molar-refractivity contribution is 0.0947. The van der Waals surface area contributed by atoms with Crippen molar-refractivity contribution in [2.24, 2.45) is 5.92 Å². The quantitative estimate of drug-likeness (QED) is 0.846. The number of carbonyl (C=O) groups excluding carboxylic acids is 1. The summed E-state index contributed by atoms with van der Waals surface area (Å²) in [5.41, 5.74) is 3.64. The first-order valence-corrected chi connectivity index (χ1v) is 9.05. The summed E-state index contributed by atoms with van der Waals surface area (Å²) in [5.74, 6) is 0.848. The molecule has 1 aliphatic rings. The number of rotatable bonds is 6. The summed E-state index contributed by atoms with van der Waals surface area (Å²) in [6.07, 6.45) is 2.99. The number of carbonyl (C=O) groups is 1. The smallest absolute Gasteiger partial charge is 0.255 e. The van der Waals surface area contributed by atoms with E-state index in [1.54, 1.807) is 0 Å². The molecule has 0 aliphatic heterocycles. The van der Waals surface area contributed by atoms with E-state index in [2.05, 4.69) is 26.1 Å². The maximum atomic E-state index is 12.8. The van der Waals surface area contributed by atoms with Gasteiger partial charge in [0.2, 0.25) is 0 Å². The molecule has 0 bridgehead atoms. The van der Waals surface area contributed by atoms with E-state index < -0.39 is 0 Å². The molecule has 0 radical (unpaired) electrons. The predicted octanol–water partition coefficient (Wildman–Crippen LogP) is 4.35. The third-order valence-corrected chi connectivity index (χ3v) is 4.53. The second-order valence-corrected chi connectivity index (χ2v) is 7.26. The zero-order valence-electron chi connectivity index (χ0n) is 14.5. The molecule has 1 fully saturated rings. The summed E-state index contributed by atoms with van der Waals surface area (Å²) in [6, 6.07) is 7.60. The highest BCUT2D eigenvalue weighted by atomic mass is 35.5. The van der Waals surface area contributed by atoms with Crippen LogP contribution in [0.3, 0.4) is 0 Å². The number of benzene rings is 1. The second-order valence-electron chi connectivity index (χ2n) is 6.83. The minimum atomic E-state index is 0.00247. The molecule has 1 amide bonds. The van der Waals surface area contributed by atoms with E-state index in [0.717, 1.165) is 41.9 Å². The van der Waals surface area contributed by atoms with Crippen molar-refractivity contribution in [3.63, 3.8) is 0 Å². The van der Waals surface area contributed by atoms with Gasteiger partial charge in [-0.25, -0.2) is 4.68 Å². The van der Waals surface area contributed by atoms with Crippen LogP contribution in [0.1, 0.15) is 61.3 Å². The maximum Gasteiger partial charge on any atom is 0.255 e. The van der Waals surface area contributed by atoms with Crippen LogP contribution in [0.4, 0.5) is 0 Å². The Labute approximate surface area is 148 Å². The highest BCUT2D eigenvalue weighted by Crippen LogP contribution is 2.42. The summed E-state index contributed by atoms with van der Waals surface area (Å²) in [5, 5.41) is 8.56. The first-order chi connectivity index (χ1) is 11.5. The number of aromatic nitrogens is 2. The average Bonchev–Trinajstić information content (AvgIpc) is 3.33. The minimum Gasteiger partial charge on any atom is -0.352 e. The fraction of sp³-hybridized carbons (Fsp3) is 0.474. The van der Waals surface area contributed by atoms with Crippen LogP contribution >= 0.6 is 11.6 Å². The van der Waals surface area contributed by atoms with Gasteiger partial charge in [-0.2, -0.15) is 5.10 Å². The molecular weight excluding hydrogens is 322 g/mol. The Bertz CT molecular complexity index is 730. The van der Waals surface area contributed by atoms with Crippen molar-refractivity contribution in [1.82, 2.24) is 15.1 Å². The minimum absolute atomic E-state index is 0.00247. The molecule has 1 aromatic carbocycles. The lowest BCUT2D eigenvalue weighted by Crippen LogP contribution is -2.28. The Morgan fingerprint density at radius 3 is 2.54 bits per heavy atom. The topological polar surface area (TPSA) is 46.9 Å². The van der Waals surface area contributed by atoms with Crippen molar-refractivity contribution in [3.8, 4) is 5.69 Å². The predicted molar refractivity (Wildman–Crippen MR) is 97.1 cm³/mol. The van der Waals surface area contributed by atoms with Crippen LogP contribution in [0.5, 0.6) is 0 Å². The normalized spacial score (nSPS) is 14.2. The summed E-state index contributed by atoms with van der Waals surface area (Å²) < 4.78 is 1.91. The zero-order valence-corrected chi connectivity index (χ0v) is 15.2. The summed E-state index contributed by atoms with van der Waals surface area (Å²) in [6.45, 7) is 6.94. The van der Waals surface area contributed by atoms with Crippen molar-refractivity contribution < 1.29 is 4.79 Å². The number of halogens is 1. The molecular formula is C19H24ClN3O. The molecule has 128 valence electrons. The Kier molecular flexibility index (Phi) is 4.95. The first kappa shape index (κ1) is 17.0. The maximum absolute atomic E-state index is 12.8. The van der Waals surface area contributed by atoms with Crippen molar-refractivity contribution >= 4 is 17.5 Å². The van der Waals surface area contributed by atoms with Gasteiger partial charge in [0.25, 0.3) is 5.91 Å². The highest BCUT2D eigenvalue weighted by molar-refractivity contribution is 6.30. The Balaban J connectivity index is 2.03. The monoisotopic (exact) mass is 345 g/mol. The van der Waals surface area contributed by atoms with E-state index in [1.165, 1.54) is 0 Å². The number of hydrogen-bond acceptors (Lipinski definition) is 2. The molecule has 2 aromatic rings. The third-order valence-electron chi connectivity index (χ3n) is 4.28. The second kappa shape index (κ2) is 6.98. The van der Waals surface area contributed by atoms with Gasteiger partial charge in [-0.1, -0.05) is 32.4 Å². The van der Waals surface area contributed by atoms with Crippen LogP contribution in [0, 0.1) is 5.92 Å². The van der Waals surface area contributed by atoms with E-state index in [1.807, 2.05) is 28.9 Å². The molecule has 0 unspecified atom stereocenters. The average molecular weight is 346 g/mol. The molecule has 1 N–H and O–H groups in total. The molecule has 1 heterocycles. The van der Waals surface area contributed by atoms with Crippen molar-refractivity contribution in [2.75, 3.05) is 6.54 Å². The molecule has 4 nitrogen and oxygen atoms in total. The molecule has 5 heteroatoms. The summed E-state index contributed by atoms with van der Waals surface area (Å²) >= 11 is 6.00. The zero-order chi connectivity index (χ0) is 17.3. The Hall–Kier alpha value is -1.81. The standard InChI is InChI=1S/C19H24ClN3O/c1-4-16-17(19(24)21-11-12(2)3)18(13-5-6-13)22-23(16)15-9-7-14(20)8-10-15/h7-10,12-13H,4-6,11H2,1-3H3,(H,21,24). The highest BCUT2D eigenvalue weighted by Gasteiger charge is 2.34. The van der Waals surface area contributed by atoms with Gasteiger partial charge < -0.3 is 5.32 Å². The number of nitrogens with zero attached hydrogens (tertiary/aromatic N) is 2. The molecule has 0 spiro atoms. The van der Waals surface area contributed by atoms with E-state index in [4.69, 9.17) is 16.7 Å². The number of nitrogens with one attached hydrogen (secondary N) is 1. The molecule has 1 aromatic heterocycles. The van der Waals surface area contributed by atoms with E-state index >= 15 is 0 Å². The van der Waals surface area contributed by atoms with E-state index in [9.17, 15) is 4.79 Å². The lowest BCUT2D eigenvalue weighted by Gasteiger charge is -2.10. The van der Waals surface area contributed by atoms with Crippen LogP contribution in [0.25, 0.3) is 5.69 Å². The van der Waals surface area contributed by atoms with Crippen molar-refractivity contribution in [3.05, 3.63) is 46.2 Å². The van der Waals surface area contributed by atoms with Gasteiger partial charge in [-0.05, 0) is 49.4 Å².